The third kappa shape index (κ3) is 2.94. The fourth-order valence-corrected chi connectivity index (χ4v) is 2.51. The van der Waals surface area contributed by atoms with E-state index in [9.17, 15) is 0 Å². The van der Waals surface area contributed by atoms with Crippen molar-refractivity contribution in [1.29, 1.82) is 5.26 Å². The van der Waals surface area contributed by atoms with Gasteiger partial charge in [0.2, 0.25) is 0 Å². The lowest BCUT2D eigenvalue weighted by Gasteiger charge is -2.06. The Hall–Kier alpha value is -0.650. The first-order chi connectivity index (χ1) is 6.79. The number of thioether (sulfide) groups is 1. The molecule has 0 radical (unpaired) electrons. The molecule has 0 saturated heterocycles. The minimum Gasteiger partial charge on any atom is -0.192 e. The summed E-state index contributed by atoms with van der Waals surface area (Å²) in [5.74, 6) is 1.66. The van der Waals surface area contributed by atoms with Gasteiger partial charge in [-0.3, -0.25) is 0 Å². The second-order valence-corrected chi connectivity index (χ2v) is 4.44. The van der Waals surface area contributed by atoms with Crippen LogP contribution in [-0.2, 0) is 0 Å². The Kier molecular flexibility index (Phi) is 4.86. The van der Waals surface area contributed by atoms with E-state index in [1.807, 2.05) is 25.1 Å². The van der Waals surface area contributed by atoms with Crippen LogP contribution in [0, 0.1) is 18.3 Å². The van der Waals surface area contributed by atoms with E-state index in [1.165, 1.54) is 5.56 Å². The number of rotatable bonds is 4. The van der Waals surface area contributed by atoms with Crippen LogP contribution in [0.1, 0.15) is 17.5 Å². The number of hydrogen-bond donors (Lipinski definition) is 0. The van der Waals surface area contributed by atoms with E-state index in [2.05, 4.69) is 6.07 Å². The van der Waals surface area contributed by atoms with E-state index in [0.717, 1.165) is 22.6 Å². The zero-order chi connectivity index (χ0) is 10.4. The van der Waals surface area contributed by atoms with Crippen molar-refractivity contribution in [2.45, 2.75) is 18.2 Å². The highest BCUT2D eigenvalue weighted by molar-refractivity contribution is 7.99. The smallest absolute Gasteiger partial charge is 0.100 e. The molecular formula is C11H12ClNS. The number of aryl methyl sites for hydroxylation is 1. The molecule has 0 aromatic heterocycles. The van der Waals surface area contributed by atoms with Gasteiger partial charge in [0.05, 0.1) is 5.56 Å². The number of alkyl halides is 1. The summed E-state index contributed by atoms with van der Waals surface area (Å²) in [6.45, 7) is 2.03. The van der Waals surface area contributed by atoms with Crippen LogP contribution in [0.3, 0.4) is 0 Å². The first-order valence-electron chi connectivity index (χ1n) is 4.48. The van der Waals surface area contributed by atoms with Crippen molar-refractivity contribution < 1.29 is 0 Å². The Morgan fingerprint density at radius 1 is 1.50 bits per heavy atom. The highest BCUT2D eigenvalue weighted by Crippen LogP contribution is 2.26. The van der Waals surface area contributed by atoms with Crippen molar-refractivity contribution in [3.05, 3.63) is 29.3 Å². The van der Waals surface area contributed by atoms with Gasteiger partial charge in [0, 0.05) is 10.8 Å². The third-order valence-corrected chi connectivity index (χ3v) is 3.45. The van der Waals surface area contributed by atoms with Gasteiger partial charge < -0.3 is 0 Å². The molecule has 1 nitrogen and oxygen atoms in total. The van der Waals surface area contributed by atoms with Gasteiger partial charge in [0.15, 0.2) is 0 Å². The molecule has 0 unspecified atom stereocenters. The minimum absolute atomic E-state index is 0.681. The van der Waals surface area contributed by atoms with Crippen LogP contribution in [0.4, 0.5) is 0 Å². The van der Waals surface area contributed by atoms with Crippen LogP contribution in [-0.4, -0.2) is 11.6 Å². The number of hydrogen-bond acceptors (Lipinski definition) is 2. The SMILES string of the molecule is Cc1cccc(C#N)c1SCCCCl. The Morgan fingerprint density at radius 2 is 2.29 bits per heavy atom. The molecule has 0 N–H and O–H groups in total. The maximum Gasteiger partial charge on any atom is 0.100 e. The summed E-state index contributed by atoms with van der Waals surface area (Å²) in [6.07, 6.45) is 0.978. The van der Waals surface area contributed by atoms with Crippen LogP contribution in [0.5, 0.6) is 0 Å². The maximum absolute atomic E-state index is 8.91. The molecule has 0 aliphatic heterocycles. The fourth-order valence-electron chi connectivity index (χ4n) is 1.16. The highest BCUT2D eigenvalue weighted by atomic mass is 35.5. The lowest BCUT2D eigenvalue weighted by Crippen LogP contribution is -1.88. The van der Waals surface area contributed by atoms with E-state index >= 15 is 0 Å². The van der Waals surface area contributed by atoms with E-state index in [4.69, 9.17) is 16.9 Å². The molecule has 1 rings (SSSR count). The van der Waals surface area contributed by atoms with Crippen molar-refractivity contribution in [3.63, 3.8) is 0 Å². The van der Waals surface area contributed by atoms with Gasteiger partial charge >= 0.3 is 0 Å². The third-order valence-electron chi connectivity index (χ3n) is 1.86. The predicted octanol–water partition coefficient (Wildman–Crippen LogP) is 3.59. The standard InChI is InChI=1S/C11H12ClNS/c1-9-4-2-5-10(8-13)11(9)14-7-3-6-12/h2,4-5H,3,6-7H2,1H3. The highest BCUT2D eigenvalue weighted by Gasteiger charge is 2.04. The summed E-state index contributed by atoms with van der Waals surface area (Å²) in [4.78, 5) is 1.10. The maximum atomic E-state index is 8.91. The summed E-state index contributed by atoms with van der Waals surface area (Å²) in [5.41, 5.74) is 1.94. The minimum atomic E-state index is 0.681. The molecule has 1 aromatic carbocycles. The van der Waals surface area contributed by atoms with Gasteiger partial charge in [-0.25, -0.2) is 0 Å². The van der Waals surface area contributed by atoms with Crippen molar-refractivity contribution in [2.75, 3.05) is 11.6 Å². The Bertz CT molecular complexity index is 344. The van der Waals surface area contributed by atoms with Gasteiger partial charge in [0.25, 0.3) is 0 Å². The van der Waals surface area contributed by atoms with Crippen molar-refractivity contribution in [1.82, 2.24) is 0 Å². The molecule has 0 bridgehead atoms. The topological polar surface area (TPSA) is 23.8 Å². The van der Waals surface area contributed by atoms with E-state index in [-0.39, 0.29) is 0 Å². The number of benzene rings is 1. The second kappa shape index (κ2) is 5.95. The number of nitriles is 1. The lowest BCUT2D eigenvalue weighted by atomic mass is 10.1. The average molecular weight is 226 g/mol. The van der Waals surface area contributed by atoms with Gasteiger partial charge in [-0.1, -0.05) is 12.1 Å². The van der Waals surface area contributed by atoms with Crippen LogP contribution in [0.25, 0.3) is 0 Å². The van der Waals surface area contributed by atoms with Gasteiger partial charge in [-0.2, -0.15) is 5.26 Å². The molecule has 74 valence electrons. The van der Waals surface area contributed by atoms with Crippen LogP contribution < -0.4 is 0 Å². The first-order valence-corrected chi connectivity index (χ1v) is 6.00. The molecule has 0 amide bonds. The summed E-state index contributed by atoms with van der Waals surface area (Å²) in [7, 11) is 0. The summed E-state index contributed by atoms with van der Waals surface area (Å²) < 4.78 is 0. The molecule has 3 heteroatoms. The Morgan fingerprint density at radius 3 is 2.93 bits per heavy atom. The van der Waals surface area contributed by atoms with E-state index in [1.54, 1.807) is 11.8 Å². The summed E-state index contributed by atoms with van der Waals surface area (Å²) in [6, 6.07) is 8.01. The molecular weight excluding hydrogens is 214 g/mol. The molecule has 0 spiro atoms. The average Bonchev–Trinajstić information content (AvgIpc) is 2.20. The van der Waals surface area contributed by atoms with Gasteiger partial charge in [-0.05, 0) is 30.7 Å². The Labute approximate surface area is 94.1 Å². The lowest BCUT2D eigenvalue weighted by molar-refractivity contribution is 1.11. The molecule has 0 fully saturated rings. The second-order valence-electron chi connectivity index (χ2n) is 2.95. The van der Waals surface area contributed by atoms with Gasteiger partial charge in [0.1, 0.15) is 6.07 Å². The molecule has 0 atom stereocenters. The van der Waals surface area contributed by atoms with Crippen LogP contribution in [0.2, 0.25) is 0 Å². The first kappa shape index (κ1) is 11.4. The normalized spacial score (nSPS) is 9.79. The van der Waals surface area contributed by atoms with Crippen molar-refractivity contribution in [3.8, 4) is 6.07 Å². The molecule has 0 heterocycles. The zero-order valence-electron chi connectivity index (χ0n) is 8.09. The predicted molar refractivity (Wildman–Crippen MR) is 62.0 cm³/mol. The fraction of sp³-hybridized carbons (Fsp3) is 0.364. The van der Waals surface area contributed by atoms with Crippen LogP contribution >= 0.6 is 23.4 Å². The van der Waals surface area contributed by atoms with Gasteiger partial charge in [-0.15, -0.1) is 23.4 Å². The summed E-state index contributed by atoms with van der Waals surface area (Å²) in [5, 5.41) is 8.91. The van der Waals surface area contributed by atoms with Crippen molar-refractivity contribution >= 4 is 23.4 Å². The summed E-state index contributed by atoms with van der Waals surface area (Å²) >= 11 is 7.32. The molecule has 1 aromatic rings. The monoisotopic (exact) mass is 225 g/mol. The van der Waals surface area contributed by atoms with E-state index < -0.39 is 0 Å². The Balaban J connectivity index is 2.78. The number of nitrogens with zero attached hydrogens (tertiary/aromatic N) is 1. The van der Waals surface area contributed by atoms with Crippen molar-refractivity contribution in [2.24, 2.45) is 0 Å². The van der Waals surface area contributed by atoms with E-state index in [0.29, 0.717) is 5.88 Å². The molecule has 0 aliphatic rings. The number of halogens is 1. The zero-order valence-corrected chi connectivity index (χ0v) is 9.66. The molecule has 0 saturated carbocycles. The molecule has 14 heavy (non-hydrogen) atoms. The molecule has 0 aliphatic carbocycles. The quantitative estimate of drug-likeness (QED) is 0.444. The largest absolute Gasteiger partial charge is 0.192 e. The van der Waals surface area contributed by atoms with Crippen LogP contribution in [0.15, 0.2) is 23.1 Å².